The predicted octanol–water partition coefficient (Wildman–Crippen LogP) is 1.55. The van der Waals surface area contributed by atoms with Gasteiger partial charge in [-0.2, -0.15) is 5.48 Å². The van der Waals surface area contributed by atoms with Crippen LogP contribution in [-0.4, -0.2) is 12.5 Å². The SMILES string of the molecule is CC(NOCC(N)=O)c1ccc(F)c(Cl)c1. The second-order valence-corrected chi connectivity index (χ2v) is 3.68. The number of nitrogens with two attached hydrogens (primary N) is 1. The summed E-state index contributed by atoms with van der Waals surface area (Å²) < 4.78 is 12.9. The Bertz CT molecular complexity index is 387. The molecular weight excluding hydrogens is 235 g/mol. The fraction of sp³-hybridized carbons (Fsp3) is 0.300. The Labute approximate surface area is 97.5 Å². The molecule has 0 bridgehead atoms. The molecule has 0 heterocycles. The molecule has 0 saturated heterocycles. The highest BCUT2D eigenvalue weighted by Crippen LogP contribution is 2.20. The van der Waals surface area contributed by atoms with Gasteiger partial charge in [0.15, 0.2) is 0 Å². The summed E-state index contributed by atoms with van der Waals surface area (Å²) >= 11 is 5.62. The maximum Gasteiger partial charge on any atom is 0.245 e. The van der Waals surface area contributed by atoms with E-state index in [-0.39, 0.29) is 17.7 Å². The van der Waals surface area contributed by atoms with Crippen LogP contribution in [0.5, 0.6) is 0 Å². The summed E-state index contributed by atoms with van der Waals surface area (Å²) in [6, 6.07) is 4.11. The van der Waals surface area contributed by atoms with Crippen LogP contribution in [0.4, 0.5) is 4.39 Å². The van der Waals surface area contributed by atoms with Crippen molar-refractivity contribution in [3.8, 4) is 0 Å². The van der Waals surface area contributed by atoms with Gasteiger partial charge in [0, 0.05) is 0 Å². The van der Waals surface area contributed by atoms with Gasteiger partial charge in [-0.1, -0.05) is 17.7 Å². The van der Waals surface area contributed by atoms with Crippen LogP contribution in [0.25, 0.3) is 0 Å². The number of halogens is 2. The number of carbonyl (C=O) groups is 1. The van der Waals surface area contributed by atoms with Crippen LogP contribution in [-0.2, 0) is 9.63 Å². The van der Waals surface area contributed by atoms with Gasteiger partial charge in [0.2, 0.25) is 5.91 Å². The molecule has 1 aromatic carbocycles. The molecule has 0 aliphatic heterocycles. The molecule has 0 fully saturated rings. The minimum Gasteiger partial charge on any atom is -0.368 e. The molecule has 0 aliphatic carbocycles. The Morgan fingerprint density at radius 1 is 1.69 bits per heavy atom. The number of rotatable bonds is 5. The van der Waals surface area contributed by atoms with Crippen LogP contribution in [0.1, 0.15) is 18.5 Å². The molecule has 0 radical (unpaired) electrons. The Balaban J connectivity index is 2.55. The molecule has 0 spiro atoms. The number of primary amides is 1. The van der Waals surface area contributed by atoms with Gasteiger partial charge in [0.05, 0.1) is 11.1 Å². The van der Waals surface area contributed by atoms with Gasteiger partial charge in [-0.15, -0.1) is 0 Å². The zero-order valence-electron chi connectivity index (χ0n) is 8.67. The summed E-state index contributed by atoms with van der Waals surface area (Å²) in [5.41, 5.74) is 8.23. The van der Waals surface area contributed by atoms with Gasteiger partial charge in [-0.25, -0.2) is 4.39 Å². The van der Waals surface area contributed by atoms with Crippen molar-refractivity contribution in [2.24, 2.45) is 5.73 Å². The Hall–Kier alpha value is -1.17. The third kappa shape index (κ3) is 3.77. The zero-order chi connectivity index (χ0) is 12.1. The van der Waals surface area contributed by atoms with E-state index in [4.69, 9.17) is 22.2 Å². The van der Waals surface area contributed by atoms with Crippen molar-refractivity contribution < 1.29 is 14.0 Å². The monoisotopic (exact) mass is 246 g/mol. The summed E-state index contributed by atoms with van der Waals surface area (Å²) in [5, 5.41) is 0.0426. The average molecular weight is 247 g/mol. The quantitative estimate of drug-likeness (QED) is 0.775. The van der Waals surface area contributed by atoms with Gasteiger partial charge in [0.1, 0.15) is 12.4 Å². The molecule has 16 heavy (non-hydrogen) atoms. The van der Waals surface area contributed by atoms with Crippen molar-refractivity contribution in [2.75, 3.05) is 6.61 Å². The second kappa shape index (κ2) is 5.79. The lowest BCUT2D eigenvalue weighted by Crippen LogP contribution is -2.26. The molecule has 4 nitrogen and oxygen atoms in total. The molecule has 1 amide bonds. The summed E-state index contributed by atoms with van der Waals surface area (Å²) in [6.07, 6.45) is 0. The van der Waals surface area contributed by atoms with Crippen molar-refractivity contribution in [3.63, 3.8) is 0 Å². The standard InChI is InChI=1S/C10H12ClFN2O2/c1-6(14-16-5-10(13)15)7-2-3-9(12)8(11)4-7/h2-4,6,14H,5H2,1H3,(H2,13,15). The molecule has 1 rings (SSSR count). The summed E-state index contributed by atoms with van der Waals surface area (Å²) in [4.78, 5) is 15.2. The first kappa shape index (κ1) is 12.9. The van der Waals surface area contributed by atoms with Crippen molar-refractivity contribution in [1.82, 2.24) is 5.48 Å². The van der Waals surface area contributed by atoms with Gasteiger partial charge in [-0.3, -0.25) is 9.63 Å². The van der Waals surface area contributed by atoms with Crippen molar-refractivity contribution in [2.45, 2.75) is 13.0 Å². The first-order valence-corrected chi connectivity index (χ1v) is 4.99. The van der Waals surface area contributed by atoms with Crippen LogP contribution in [0.15, 0.2) is 18.2 Å². The van der Waals surface area contributed by atoms with E-state index in [0.29, 0.717) is 0 Å². The first-order chi connectivity index (χ1) is 7.50. The number of hydrogen-bond acceptors (Lipinski definition) is 3. The highest BCUT2D eigenvalue weighted by molar-refractivity contribution is 6.30. The Morgan fingerprint density at radius 3 is 2.94 bits per heavy atom. The summed E-state index contributed by atoms with van der Waals surface area (Å²) in [7, 11) is 0. The lowest BCUT2D eigenvalue weighted by Gasteiger charge is -2.13. The minimum absolute atomic E-state index is 0.0426. The Morgan fingerprint density at radius 2 is 2.38 bits per heavy atom. The molecule has 6 heteroatoms. The lowest BCUT2D eigenvalue weighted by atomic mass is 10.1. The van der Waals surface area contributed by atoms with Crippen molar-refractivity contribution in [3.05, 3.63) is 34.6 Å². The van der Waals surface area contributed by atoms with E-state index in [1.165, 1.54) is 12.1 Å². The van der Waals surface area contributed by atoms with Crippen LogP contribution in [0.3, 0.4) is 0 Å². The molecular formula is C10H12ClFN2O2. The fourth-order valence-electron chi connectivity index (χ4n) is 1.09. The normalized spacial score (nSPS) is 12.4. The number of hydroxylamine groups is 1. The highest BCUT2D eigenvalue weighted by atomic mass is 35.5. The lowest BCUT2D eigenvalue weighted by molar-refractivity contribution is -0.126. The molecule has 3 N–H and O–H groups in total. The van der Waals surface area contributed by atoms with E-state index < -0.39 is 11.7 Å². The van der Waals surface area contributed by atoms with Gasteiger partial charge >= 0.3 is 0 Å². The molecule has 1 unspecified atom stereocenters. The van der Waals surface area contributed by atoms with Gasteiger partial charge in [-0.05, 0) is 24.6 Å². The van der Waals surface area contributed by atoms with Gasteiger partial charge in [0.25, 0.3) is 0 Å². The molecule has 0 saturated carbocycles. The molecule has 0 aliphatic rings. The number of benzene rings is 1. The first-order valence-electron chi connectivity index (χ1n) is 4.61. The summed E-state index contributed by atoms with van der Waals surface area (Å²) in [6.45, 7) is 1.56. The zero-order valence-corrected chi connectivity index (χ0v) is 9.42. The van der Waals surface area contributed by atoms with E-state index in [2.05, 4.69) is 5.48 Å². The summed E-state index contributed by atoms with van der Waals surface area (Å²) in [5.74, 6) is -1.05. The Kier molecular flexibility index (Phi) is 4.67. The number of amides is 1. The highest BCUT2D eigenvalue weighted by Gasteiger charge is 2.08. The maximum absolute atomic E-state index is 12.9. The minimum atomic E-state index is -0.572. The number of carbonyl (C=O) groups excluding carboxylic acids is 1. The molecule has 88 valence electrons. The van der Waals surface area contributed by atoms with E-state index in [9.17, 15) is 9.18 Å². The van der Waals surface area contributed by atoms with Crippen molar-refractivity contribution >= 4 is 17.5 Å². The van der Waals surface area contributed by atoms with Crippen LogP contribution >= 0.6 is 11.6 Å². The van der Waals surface area contributed by atoms with E-state index in [0.717, 1.165) is 5.56 Å². The van der Waals surface area contributed by atoms with E-state index in [1.54, 1.807) is 13.0 Å². The molecule has 1 aromatic rings. The van der Waals surface area contributed by atoms with Gasteiger partial charge < -0.3 is 5.73 Å². The number of hydrogen-bond donors (Lipinski definition) is 2. The maximum atomic E-state index is 12.9. The molecule has 0 aromatic heterocycles. The van der Waals surface area contributed by atoms with E-state index in [1.807, 2.05) is 0 Å². The van der Waals surface area contributed by atoms with Crippen molar-refractivity contribution in [1.29, 1.82) is 0 Å². The molecule has 1 atom stereocenters. The average Bonchev–Trinajstić information content (AvgIpc) is 2.21. The second-order valence-electron chi connectivity index (χ2n) is 3.27. The third-order valence-electron chi connectivity index (χ3n) is 1.92. The number of nitrogens with one attached hydrogen (secondary N) is 1. The smallest absolute Gasteiger partial charge is 0.245 e. The third-order valence-corrected chi connectivity index (χ3v) is 2.21. The van der Waals surface area contributed by atoms with Crippen LogP contribution in [0.2, 0.25) is 5.02 Å². The van der Waals surface area contributed by atoms with Crippen LogP contribution < -0.4 is 11.2 Å². The predicted molar refractivity (Wildman–Crippen MR) is 58.1 cm³/mol. The fourth-order valence-corrected chi connectivity index (χ4v) is 1.28. The largest absolute Gasteiger partial charge is 0.368 e. The van der Waals surface area contributed by atoms with E-state index >= 15 is 0 Å². The van der Waals surface area contributed by atoms with Crippen LogP contribution in [0, 0.1) is 5.82 Å². The topological polar surface area (TPSA) is 64.3 Å².